The van der Waals surface area contributed by atoms with Gasteiger partial charge in [0.05, 0.1) is 6.61 Å². The Morgan fingerprint density at radius 2 is 2.13 bits per heavy atom. The minimum Gasteiger partial charge on any atom is -0.466 e. The number of benzene rings is 1. The lowest BCUT2D eigenvalue weighted by Crippen LogP contribution is -2.41. The Morgan fingerprint density at radius 1 is 1.39 bits per heavy atom. The summed E-state index contributed by atoms with van der Waals surface area (Å²) in [5, 5.41) is 3.19. The van der Waals surface area contributed by atoms with E-state index in [0.29, 0.717) is 23.6 Å². The molecule has 23 heavy (non-hydrogen) atoms. The predicted molar refractivity (Wildman–Crippen MR) is 84.9 cm³/mol. The molecule has 0 aromatic heterocycles. The highest BCUT2D eigenvalue weighted by Gasteiger charge is 2.48. The van der Waals surface area contributed by atoms with E-state index in [1.165, 1.54) is 0 Å². The third-order valence-electron chi connectivity index (χ3n) is 3.74. The van der Waals surface area contributed by atoms with E-state index >= 15 is 0 Å². The molecular weight excluding hydrogens is 320 g/mol. The third kappa shape index (κ3) is 3.64. The molecule has 1 N–H and O–H groups in total. The number of halogens is 1. The van der Waals surface area contributed by atoms with Crippen molar-refractivity contribution in [1.29, 1.82) is 0 Å². The average Bonchev–Trinajstić information content (AvgIpc) is 2.72. The van der Waals surface area contributed by atoms with Crippen molar-refractivity contribution in [2.24, 2.45) is 0 Å². The van der Waals surface area contributed by atoms with Gasteiger partial charge in [0.15, 0.2) is 0 Å². The van der Waals surface area contributed by atoms with Crippen molar-refractivity contribution in [2.45, 2.75) is 32.2 Å². The van der Waals surface area contributed by atoms with Crippen molar-refractivity contribution in [3.05, 3.63) is 34.9 Å². The largest absolute Gasteiger partial charge is 0.466 e. The Bertz CT molecular complexity index is 634. The van der Waals surface area contributed by atoms with Gasteiger partial charge in [0, 0.05) is 18.0 Å². The molecule has 0 bridgehead atoms. The molecule has 0 aliphatic carbocycles. The van der Waals surface area contributed by atoms with E-state index in [-0.39, 0.29) is 24.8 Å². The van der Waals surface area contributed by atoms with Crippen molar-refractivity contribution in [1.82, 2.24) is 10.2 Å². The van der Waals surface area contributed by atoms with Gasteiger partial charge in [-0.15, -0.1) is 0 Å². The lowest BCUT2D eigenvalue weighted by atomic mass is 9.92. The summed E-state index contributed by atoms with van der Waals surface area (Å²) in [5.74, 6) is -0.689. The lowest BCUT2D eigenvalue weighted by molar-refractivity contribution is -0.143. The summed E-state index contributed by atoms with van der Waals surface area (Å²) in [6, 6.07) is 6.35. The Morgan fingerprint density at radius 3 is 2.78 bits per heavy atom. The standard InChI is InChI=1S/C16H19ClN2O4/c1-3-23-13(20)8-5-9-19-14(21)16(2,18-15(19)22)11-6-4-7-12(17)10-11/h4,6-7,10H,3,5,8-9H2,1-2H3,(H,18,22). The zero-order chi connectivity index (χ0) is 17.0. The molecule has 1 aliphatic rings. The fourth-order valence-electron chi connectivity index (χ4n) is 2.51. The summed E-state index contributed by atoms with van der Waals surface area (Å²) in [6.07, 6.45) is 0.530. The number of rotatable bonds is 6. The van der Waals surface area contributed by atoms with E-state index in [1.54, 1.807) is 38.1 Å². The quantitative estimate of drug-likeness (QED) is 0.638. The van der Waals surface area contributed by atoms with Crippen LogP contribution in [0.15, 0.2) is 24.3 Å². The molecule has 1 atom stereocenters. The first-order chi connectivity index (χ1) is 10.9. The summed E-state index contributed by atoms with van der Waals surface area (Å²) < 4.78 is 4.83. The zero-order valence-corrected chi connectivity index (χ0v) is 13.9. The summed E-state index contributed by atoms with van der Waals surface area (Å²) >= 11 is 5.96. The third-order valence-corrected chi connectivity index (χ3v) is 3.98. The number of nitrogens with one attached hydrogen (secondary N) is 1. The number of carbonyl (C=O) groups is 3. The normalized spacial score (nSPS) is 20.6. The van der Waals surface area contributed by atoms with Gasteiger partial charge < -0.3 is 10.1 Å². The second-order valence-electron chi connectivity index (χ2n) is 5.43. The van der Waals surface area contributed by atoms with E-state index in [9.17, 15) is 14.4 Å². The molecule has 1 heterocycles. The molecule has 1 aromatic rings. The molecule has 124 valence electrons. The van der Waals surface area contributed by atoms with Crippen LogP contribution in [-0.2, 0) is 19.9 Å². The van der Waals surface area contributed by atoms with Crippen molar-refractivity contribution < 1.29 is 19.1 Å². The number of carbonyl (C=O) groups excluding carboxylic acids is 3. The molecule has 0 radical (unpaired) electrons. The van der Waals surface area contributed by atoms with Gasteiger partial charge in [0.25, 0.3) is 5.91 Å². The Hall–Kier alpha value is -2.08. The number of urea groups is 1. The lowest BCUT2D eigenvalue weighted by Gasteiger charge is -2.22. The molecular formula is C16H19ClN2O4. The second-order valence-corrected chi connectivity index (χ2v) is 5.87. The Labute approximate surface area is 139 Å². The van der Waals surface area contributed by atoms with Crippen LogP contribution in [0.4, 0.5) is 4.79 Å². The first kappa shape index (κ1) is 17.3. The van der Waals surface area contributed by atoms with Gasteiger partial charge >= 0.3 is 12.0 Å². The SMILES string of the molecule is CCOC(=O)CCCN1C(=O)NC(C)(c2cccc(Cl)c2)C1=O. The molecule has 1 aromatic carbocycles. The van der Waals surface area contributed by atoms with E-state index in [4.69, 9.17) is 16.3 Å². The van der Waals surface area contributed by atoms with Crippen molar-refractivity contribution >= 4 is 29.5 Å². The van der Waals surface area contributed by atoms with Crippen LogP contribution in [0.2, 0.25) is 5.02 Å². The first-order valence-corrected chi connectivity index (χ1v) is 7.82. The maximum absolute atomic E-state index is 12.6. The van der Waals surface area contributed by atoms with Crippen LogP contribution in [0.1, 0.15) is 32.3 Å². The minimum atomic E-state index is -1.15. The molecule has 1 saturated heterocycles. The van der Waals surface area contributed by atoms with Gasteiger partial charge in [0.1, 0.15) is 5.54 Å². The van der Waals surface area contributed by atoms with Crippen LogP contribution in [-0.4, -0.2) is 36.0 Å². The topological polar surface area (TPSA) is 75.7 Å². The van der Waals surface area contributed by atoms with E-state index in [0.717, 1.165) is 4.90 Å². The van der Waals surface area contributed by atoms with Crippen molar-refractivity contribution in [3.63, 3.8) is 0 Å². The molecule has 0 saturated carbocycles. The zero-order valence-electron chi connectivity index (χ0n) is 13.1. The molecule has 2 rings (SSSR count). The number of hydrogen-bond acceptors (Lipinski definition) is 4. The van der Waals surface area contributed by atoms with Gasteiger partial charge in [-0.2, -0.15) is 0 Å². The fraction of sp³-hybridized carbons (Fsp3) is 0.438. The molecule has 7 heteroatoms. The Kier molecular flexibility index (Phi) is 5.26. The molecule has 1 unspecified atom stereocenters. The van der Waals surface area contributed by atoms with Crippen LogP contribution >= 0.6 is 11.6 Å². The van der Waals surface area contributed by atoms with Crippen molar-refractivity contribution in [3.8, 4) is 0 Å². The maximum Gasteiger partial charge on any atom is 0.325 e. The van der Waals surface area contributed by atoms with Gasteiger partial charge in [-0.25, -0.2) is 4.79 Å². The predicted octanol–water partition coefficient (Wildman–Crippen LogP) is 2.45. The first-order valence-electron chi connectivity index (χ1n) is 7.44. The smallest absolute Gasteiger partial charge is 0.325 e. The van der Waals surface area contributed by atoms with E-state index in [2.05, 4.69) is 5.32 Å². The number of hydrogen-bond donors (Lipinski definition) is 1. The average molecular weight is 339 g/mol. The molecule has 1 aliphatic heterocycles. The minimum absolute atomic E-state index is 0.165. The van der Waals surface area contributed by atoms with Gasteiger partial charge in [-0.3, -0.25) is 14.5 Å². The molecule has 0 spiro atoms. The highest BCUT2D eigenvalue weighted by atomic mass is 35.5. The summed E-state index contributed by atoms with van der Waals surface area (Å²) in [6.45, 7) is 3.85. The molecule has 3 amide bonds. The number of ether oxygens (including phenoxy) is 1. The molecule has 6 nitrogen and oxygen atoms in total. The van der Waals surface area contributed by atoms with Crippen LogP contribution in [0, 0.1) is 0 Å². The Balaban J connectivity index is 2.06. The van der Waals surface area contributed by atoms with Crippen molar-refractivity contribution in [2.75, 3.05) is 13.2 Å². The van der Waals surface area contributed by atoms with E-state index < -0.39 is 11.6 Å². The summed E-state index contributed by atoms with van der Waals surface area (Å²) in [5.41, 5.74) is -0.525. The highest BCUT2D eigenvalue weighted by Crippen LogP contribution is 2.30. The van der Waals surface area contributed by atoms with Crippen LogP contribution in [0.25, 0.3) is 0 Å². The summed E-state index contributed by atoms with van der Waals surface area (Å²) in [7, 11) is 0. The van der Waals surface area contributed by atoms with Crippen LogP contribution in [0.5, 0.6) is 0 Å². The second kappa shape index (κ2) is 7.00. The monoisotopic (exact) mass is 338 g/mol. The number of nitrogens with zero attached hydrogens (tertiary/aromatic N) is 1. The molecule has 1 fully saturated rings. The summed E-state index contributed by atoms with van der Waals surface area (Å²) in [4.78, 5) is 37.2. The number of imide groups is 1. The maximum atomic E-state index is 12.6. The highest BCUT2D eigenvalue weighted by molar-refractivity contribution is 6.30. The van der Waals surface area contributed by atoms with E-state index in [1.807, 2.05) is 0 Å². The number of amides is 3. The van der Waals surface area contributed by atoms with Gasteiger partial charge in [0.2, 0.25) is 0 Å². The van der Waals surface area contributed by atoms with Gasteiger partial charge in [-0.1, -0.05) is 23.7 Å². The number of esters is 1. The van der Waals surface area contributed by atoms with Crippen LogP contribution < -0.4 is 5.32 Å². The van der Waals surface area contributed by atoms with Gasteiger partial charge in [-0.05, 0) is 38.0 Å². The van der Waals surface area contributed by atoms with Crippen LogP contribution in [0.3, 0.4) is 0 Å². The fourth-order valence-corrected chi connectivity index (χ4v) is 2.70.